The van der Waals surface area contributed by atoms with Gasteiger partial charge in [0.1, 0.15) is 12.1 Å². The summed E-state index contributed by atoms with van der Waals surface area (Å²) in [7, 11) is 0. The molecule has 0 spiro atoms. The number of aliphatic hydroxyl groups excluding tert-OH is 1. The first kappa shape index (κ1) is 15.3. The Hall–Kier alpha value is -1.70. The van der Waals surface area contributed by atoms with E-state index in [1.165, 1.54) is 0 Å². The van der Waals surface area contributed by atoms with Crippen molar-refractivity contribution in [2.24, 2.45) is 10.4 Å². The fraction of sp³-hybridized carbons (Fsp3) is 0.778. The van der Waals surface area contributed by atoms with Gasteiger partial charge in [0.2, 0.25) is 5.78 Å². The molecule has 0 saturated carbocycles. The molecule has 0 unspecified atom stereocenters. The number of carbonyl (C=O) groups is 2. The van der Waals surface area contributed by atoms with Crippen molar-refractivity contribution in [1.82, 2.24) is 0 Å². The summed E-state index contributed by atoms with van der Waals surface area (Å²) in [4.78, 5) is 41.8. The summed E-state index contributed by atoms with van der Waals surface area (Å²) in [6.45, 7) is -0.295. The number of aliphatic carboxylic acids is 1. The summed E-state index contributed by atoms with van der Waals surface area (Å²) in [6.07, 6.45) is 0.0384. The molecule has 0 aliphatic heterocycles. The van der Waals surface area contributed by atoms with Gasteiger partial charge in [0.25, 0.3) is 0 Å². The van der Waals surface area contributed by atoms with Gasteiger partial charge in [-0.2, -0.15) is 9.81 Å². The number of ketones is 1. The van der Waals surface area contributed by atoms with Crippen molar-refractivity contribution in [3.8, 4) is 0 Å². The number of hydrogen-bond acceptors (Lipinski definition) is 7. The predicted molar refractivity (Wildman–Crippen MR) is 57.4 cm³/mol. The Balaban J connectivity index is 4.12. The third-order valence-corrected chi connectivity index (χ3v) is 2.28. The van der Waals surface area contributed by atoms with E-state index in [1.54, 1.807) is 0 Å². The van der Waals surface area contributed by atoms with E-state index in [0.717, 1.165) is 0 Å². The van der Waals surface area contributed by atoms with Gasteiger partial charge < -0.3 is 10.2 Å². The fourth-order valence-electron chi connectivity index (χ4n) is 1.34. The lowest BCUT2D eigenvalue weighted by atomic mass is 10.00. The molecule has 96 valence electrons. The molecular formula is C9H14N2O6. The van der Waals surface area contributed by atoms with Crippen LogP contribution in [0, 0.1) is 9.81 Å². The minimum absolute atomic E-state index is 0.0206. The summed E-state index contributed by atoms with van der Waals surface area (Å²) in [5, 5.41) is 22.3. The molecule has 8 nitrogen and oxygen atoms in total. The Bertz CT molecular complexity index is 293. The van der Waals surface area contributed by atoms with Crippen molar-refractivity contribution in [2.45, 2.75) is 37.8 Å². The number of aliphatic hydroxyl groups is 1. The monoisotopic (exact) mass is 246 g/mol. The smallest absolute Gasteiger partial charge is 0.372 e. The number of rotatable bonds is 10. The van der Waals surface area contributed by atoms with Gasteiger partial charge in [0, 0.05) is 13.0 Å². The van der Waals surface area contributed by atoms with Crippen LogP contribution in [0.1, 0.15) is 25.7 Å². The molecule has 0 rings (SSSR count). The van der Waals surface area contributed by atoms with Crippen LogP contribution in [0.5, 0.6) is 0 Å². The lowest BCUT2D eigenvalue weighted by molar-refractivity contribution is -0.149. The highest BCUT2D eigenvalue weighted by atomic mass is 16.4. The fourth-order valence-corrected chi connectivity index (χ4v) is 1.34. The molecule has 0 aliphatic rings. The molecule has 0 aromatic carbocycles. The Morgan fingerprint density at radius 2 is 1.59 bits per heavy atom. The molecule has 0 amide bonds. The minimum Gasteiger partial charge on any atom is -0.476 e. The second-order valence-corrected chi connectivity index (χ2v) is 3.48. The molecule has 0 aromatic rings. The minimum atomic E-state index is -1.53. The van der Waals surface area contributed by atoms with Crippen molar-refractivity contribution in [3.05, 3.63) is 9.81 Å². The third kappa shape index (κ3) is 5.81. The predicted octanol–water partition coefficient (Wildman–Crippen LogP) is 0.463. The second-order valence-electron chi connectivity index (χ2n) is 3.48. The Morgan fingerprint density at radius 1 is 1.06 bits per heavy atom. The number of nitrogens with zero attached hydrogens (tertiary/aromatic N) is 2. The first-order valence-electron chi connectivity index (χ1n) is 5.08. The van der Waals surface area contributed by atoms with Crippen LogP contribution in [-0.2, 0) is 9.59 Å². The number of carboxylic acid groups (broad SMARTS) is 1. The molecule has 8 heteroatoms. The lowest BCUT2D eigenvalue weighted by Crippen LogP contribution is -2.23. The van der Waals surface area contributed by atoms with Crippen LogP contribution in [-0.4, -0.2) is 40.7 Å². The van der Waals surface area contributed by atoms with E-state index in [9.17, 15) is 19.4 Å². The summed E-state index contributed by atoms with van der Waals surface area (Å²) in [5.41, 5.74) is 0. The molecule has 0 fully saturated rings. The van der Waals surface area contributed by atoms with Gasteiger partial charge in [-0.25, -0.2) is 4.79 Å². The number of carbonyl (C=O) groups excluding carboxylic acids is 1. The summed E-state index contributed by atoms with van der Waals surface area (Å²) in [6, 6.07) is -1.86. The zero-order valence-electron chi connectivity index (χ0n) is 9.11. The molecule has 2 N–H and O–H groups in total. The number of nitroso groups, excluding NO2 is 2. The Morgan fingerprint density at radius 3 is 2.00 bits per heavy atom. The van der Waals surface area contributed by atoms with Crippen LogP contribution < -0.4 is 0 Å². The molecule has 0 saturated heterocycles. The maximum atomic E-state index is 10.7. The van der Waals surface area contributed by atoms with E-state index in [2.05, 4.69) is 10.4 Å². The SMILES string of the molecule is O=N[C@H](CCO)[C@@H](CCCC(=O)C(=O)O)N=O. The maximum absolute atomic E-state index is 10.7. The lowest BCUT2D eigenvalue weighted by Gasteiger charge is -2.13. The van der Waals surface area contributed by atoms with Crippen molar-refractivity contribution >= 4 is 11.8 Å². The molecule has 2 atom stereocenters. The van der Waals surface area contributed by atoms with Crippen molar-refractivity contribution in [1.29, 1.82) is 0 Å². The molecule has 0 bridgehead atoms. The highest BCUT2D eigenvalue weighted by molar-refractivity contribution is 6.32. The summed E-state index contributed by atoms with van der Waals surface area (Å²) >= 11 is 0. The molecule has 0 heterocycles. The molecule has 0 aliphatic carbocycles. The number of Topliss-reactive ketones (excluding diaryl/α,β-unsaturated/α-hetero) is 1. The third-order valence-electron chi connectivity index (χ3n) is 2.28. The van der Waals surface area contributed by atoms with Crippen LogP contribution in [0.2, 0.25) is 0 Å². The first-order valence-corrected chi connectivity index (χ1v) is 5.08. The van der Waals surface area contributed by atoms with Crippen LogP contribution in [0.25, 0.3) is 0 Å². The van der Waals surface area contributed by atoms with Crippen LogP contribution in [0.4, 0.5) is 0 Å². The highest BCUT2D eigenvalue weighted by Crippen LogP contribution is 2.14. The van der Waals surface area contributed by atoms with Gasteiger partial charge in [0.15, 0.2) is 0 Å². The van der Waals surface area contributed by atoms with Crippen LogP contribution in [0.3, 0.4) is 0 Å². The van der Waals surface area contributed by atoms with E-state index in [1.807, 2.05) is 0 Å². The van der Waals surface area contributed by atoms with E-state index < -0.39 is 23.8 Å². The zero-order valence-corrected chi connectivity index (χ0v) is 9.11. The van der Waals surface area contributed by atoms with Gasteiger partial charge in [0.05, 0.1) is 0 Å². The molecule has 0 radical (unpaired) electrons. The standard InChI is InChI=1S/C9H14N2O6/c12-5-4-7(11-17)6(10-16)2-1-3-8(13)9(14)15/h6-7,12H,1-5H2,(H,14,15)/t6-,7-/m1/s1. The van der Waals surface area contributed by atoms with Crippen LogP contribution >= 0.6 is 0 Å². The average Bonchev–Trinajstić information content (AvgIpc) is 2.31. The van der Waals surface area contributed by atoms with Gasteiger partial charge >= 0.3 is 5.97 Å². The van der Waals surface area contributed by atoms with Gasteiger partial charge in [-0.1, -0.05) is 10.4 Å². The number of hydrogen-bond donors (Lipinski definition) is 2. The van der Waals surface area contributed by atoms with Crippen molar-refractivity contribution in [2.75, 3.05) is 6.61 Å². The van der Waals surface area contributed by atoms with E-state index in [4.69, 9.17) is 10.2 Å². The maximum Gasteiger partial charge on any atom is 0.372 e. The highest BCUT2D eigenvalue weighted by Gasteiger charge is 2.23. The topological polar surface area (TPSA) is 133 Å². The molecule has 17 heavy (non-hydrogen) atoms. The number of carboxylic acids is 1. The summed E-state index contributed by atoms with van der Waals surface area (Å²) < 4.78 is 0. The van der Waals surface area contributed by atoms with Gasteiger partial charge in [-0.15, -0.1) is 0 Å². The summed E-state index contributed by atoms with van der Waals surface area (Å²) in [5.74, 6) is -2.48. The normalized spacial score (nSPS) is 13.7. The van der Waals surface area contributed by atoms with Gasteiger partial charge in [-0.05, 0) is 19.3 Å². The first-order chi connectivity index (χ1) is 8.06. The van der Waals surface area contributed by atoms with E-state index in [-0.39, 0.29) is 32.3 Å². The largest absolute Gasteiger partial charge is 0.476 e. The van der Waals surface area contributed by atoms with Gasteiger partial charge in [-0.3, -0.25) is 4.79 Å². The molecular weight excluding hydrogens is 232 g/mol. The Labute approximate surface area is 97.0 Å². The van der Waals surface area contributed by atoms with Crippen LogP contribution in [0.15, 0.2) is 10.4 Å². The van der Waals surface area contributed by atoms with Crippen molar-refractivity contribution in [3.63, 3.8) is 0 Å². The molecule has 0 aromatic heterocycles. The Kier molecular flexibility index (Phi) is 7.61. The average molecular weight is 246 g/mol. The quantitative estimate of drug-likeness (QED) is 0.425. The van der Waals surface area contributed by atoms with Crippen molar-refractivity contribution < 1.29 is 19.8 Å². The second kappa shape index (κ2) is 8.45. The zero-order chi connectivity index (χ0) is 13.3. The van der Waals surface area contributed by atoms with E-state index in [0.29, 0.717) is 0 Å². The van der Waals surface area contributed by atoms with E-state index >= 15 is 0 Å².